The fourth-order valence-corrected chi connectivity index (χ4v) is 1.15. The first kappa shape index (κ1) is 13.9. The van der Waals surface area contributed by atoms with Crippen molar-refractivity contribution in [2.45, 2.75) is 13.0 Å². The molecular formula is C11H12F2N2O3. The lowest BCUT2D eigenvalue weighted by molar-refractivity contribution is -0.141. The van der Waals surface area contributed by atoms with Crippen LogP contribution in [0.3, 0.4) is 0 Å². The van der Waals surface area contributed by atoms with Crippen molar-refractivity contribution in [2.75, 3.05) is 12.4 Å². The van der Waals surface area contributed by atoms with Gasteiger partial charge in [-0.15, -0.1) is 0 Å². The van der Waals surface area contributed by atoms with Crippen molar-refractivity contribution in [3.8, 4) is 0 Å². The standard InChI is InChI=1S/C11H12F2N2O3/c1-6(10(16)17)15(2)11(18)14-8-5-3-4-7(12)9(8)13/h3-6H,1-2H3,(H,14,18)(H,16,17). The number of nitrogens with zero attached hydrogens (tertiary/aromatic N) is 1. The summed E-state index contributed by atoms with van der Waals surface area (Å²) in [4.78, 5) is 23.1. The fraction of sp³-hybridized carbons (Fsp3) is 0.273. The second-order valence-corrected chi connectivity index (χ2v) is 3.66. The van der Waals surface area contributed by atoms with Gasteiger partial charge >= 0.3 is 12.0 Å². The fourth-order valence-electron chi connectivity index (χ4n) is 1.15. The summed E-state index contributed by atoms with van der Waals surface area (Å²) >= 11 is 0. The highest BCUT2D eigenvalue weighted by atomic mass is 19.2. The topological polar surface area (TPSA) is 69.6 Å². The van der Waals surface area contributed by atoms with Gasteiger partial charge in [0, 0.05) is 7.05 Å². The number of carboxylic acid groups (broad SMARTS) is 1. The van der Waals surface area contributed by atoms with Crippen LogP contribution in [0.4, 0.5) is 19.3 Å². The SMILES string of the molecule is CC(C(=O)O)N(C)C(=O)Nc1cccc(F)c1F. The van der Waals surface area contributed by atoms with Crippen LogP contribution in [0, 0.1) is 11.6 Å². The number of carbonyl (C=O) groups is 2. The van der Waals surface area contributed by atoms with Gasteiger partial charge in [-0.2, -0.15) is 0 Å². The second kappa shape index (κ2) is 5.44. The number of aliphatic carboxylic acids is 1. The molecule has 18 heavy (non-hydrogen) atoms. The first-order valence-electron chi connectivity index (χ1n) is 5.05. The molecule has 0 spiro atoms. The Hall–Kier alpha value is -2.18. The number of hydrogen-bond donors (Lipinski definition) is 2. The summed E-state index contributed by atoms with van der Waals surface area (Å²) in [5.74, 6) is -3.49. The lowest BCUT2D eigenvalue weighted by Crippen LogP contribution is -2.42. The van der Waals surface area contributed by atoms with E-state index in [1.807, 2.05) is 0 Å². The molecule has 1 atom stereocenters. The van der Waals surface area contributed by atoms with Gasteiger partial charge in [0.15, 0.2) is 11.6 Å². The van der Waals surface area contributed by atoms with E-state index < -0.39 is 29.7 Å². The summed E-state index contributed by atoms with van der Waals surface area (Å²) < 4.78 is 26.1. The summed E-state index contributed by atoms with van der Waals surface area (Å²) in [7, 11) is 1.24. The van der Waals surface area contributed by atoms with Gasteiger partial charge in [0.05, 0.1) is 5.69 Å². The van der Waals surface area contributed by atoms with E-state index in [9.17, 15) is 18.4 Å². The smallest absolute Gasteiger partial charge is 0.326 e. The lowest BCUT2D eigenvalue weighted by atomic mass is 10.3. The zero-order valence-electron chi connectivity index (χ0n) is 9.78. The number of benzene rings is 1. The van der Waals surface area contributed by atoms with E-state index >= 15 is 0 Å². The van der Waals surface area contributed by atoms with Crippen LogP contribution < -0.4 is 5.32 Å². The Kier molecular flexibility index (Phi) is 4.19. The zero-order valence-corrected chi connectivity index (χ0v) is 9.78. The number of urea groups is 1. The van der Waals surface area contributed by atoms with E-state index in [0.717, 1.165) is 11.0 Å². The summed E-state index contributed by atoms with van der Waals surface area (Å²) in [6, 6.07) is 1.40. The van der Waals surface area contributed by atoms with E-state index in [2.05, 4.69) is 5.32 Å². The third-order valence-electron chi connectivity index (χ3n) is 2.45. The summed E-state index contributed by atoms with van der Waals surface area (Å²) in [5, 5.41) is 10.8. The normalized spacial score (nSPS) is 11.8. The summed E-state index contributed by atoms with van der Waals surface area (Å²) in [5.41, 5.74) is -0.343. The van der Waals surface area contributed by atoms with Crippen molar-refractivity contribution in [2.24, 2.45) is 0 Å². The molecule has 2 N–H and O–H groups in total. The molecule has 0 aliphatic rings. The highest BCUT2D eigenvalue weighted by molar-refractivity contribution is 5.92. The zero-order chi connectivity index (χ0) is 13.9. The van der Waals surface area contributed by atoms with E-state index in [1.54, 1.807) is 0 Å². The van der Waals surface area contributed by atoms with Gasteiger partial charge in [0.25, 0.3) is 0 Å². The van der Waals surface area contributed by atoms with Gasteiger partial charge in [-0.25, -0.2) is 18.4 Å². The molecule has 7 heteroatoms. The van der Waals surface area contributed by atoms with Crippen LogP contribution >= 0.6 is 0 Å². The van der Waals surface area contributed by atoms with Crippen molar-refractivity contribution < 1.29 is 23.5 Å². The average molecular weight is 258 g/mol. The highest BCUT2D eigenvalue weighted by Gasteiger charge is 2.22. The van der Waals surface area contributed by atoms with Crippen LogP contribution in [0.5, 0.6) is 0 Å². The predicted molar refractivity (Wildman–Crippen MR) is 60.2 cm³/mol. The summed E-state index contributed by atoms with van der Waals surface area (Å²) in [6.07, 6.45) is 0. The maximum Gasteiger partial charge on any atom is 0.326 e. The molecule has 1 aromatic carbocycles. The van der Waals surface area contributed by atoms with E-state index in [0.29, 0.717) is 0 Å². The predicted octanol–water partition coefficient (Wildman–Crippen LogP) is 1.90. The van der Waals surface area contributed by atoms with Gasteiger partial charge in [0.1, 0.15) is 6.04 Å². The molecule has 1 aromatic rings. The first-order valence-corrected chi connectivity index (χ1v) is 5.05. The number of halogens is 2. The van der Waals surface area contributed by atoms with Crippen molar-refractivity contribution in [3.05, 3.63) is 29.8 Å². The lowest BCUT2D eigenvalue weighted by Gasteiger charge is -2.21. The molecule has 0 aromatic heterocycles. The number of anilines is 1. The van der Waals surface area contributed by atoms with Crippen LogP contribution in [0.25, 0.3) is 0 Å². The Labute approximate surface area is 102 Å². The Balaban J connectivity index is 2.82. The van der Waals surface area contributed by atoms with Crippen molar-refractivity contribution in [1.82, 2.24) is 4.90 Å². The van der Waals surface area contributed by atoms with Gasteiger partial charge in [0.2, 0.25) is 0 Å². The quantitative estimate of drug-likeness (QED) is 0.870. The number of rotatable bonds is 3. The number of nitrogens with one attached hydrogen (secondary N) is 1. The first-order chi connectivity index (χ1) is 8.34. The van der Waals surface area contributed by atoms with E-state index in [-0.39, 0.29) is 5.69 Å². The number of carboxylic acids is 1. The maximum absolute atomic E-state index is 13.3. The third kappa shape index (κ3) is 2.93. The molecule has 0 fully saturated rings. The Morgan fingerprint density at radius 2 is 2.00 bits per heavy atom. The maximum atomic E-state index is 13.3. The molecule has 2 amide bonds. The largest absolute Gasteiger partial charge is 0.480 e. The Morgan fingerprint density at radius 3 is 2.56 bits per heavy atom. The highest BCUT2D eigenvalue weighted by Crippen LogP contribution is 2.17. The van der Waals surface area contributed by atoms with E-state index in [1.165, 1.54) is 26.1 Å². The molecule has 0 aliphatic carbocycles. The van der Waals surface area contributed by atoms with Crippen molar-refractivity contribution in [1.29, 1.82) is 0 Å². The second-order valence-electron chi connectivity index (χ2n) is 3.66. The molecule has 0 saturated carbocycles. The minimum Gasteiger partial charge on any atom is -0.480 e. The molecular weight excluding hydrogens is 246 g/mol. The van der Waals surface area contributed by atoms with Crippen LogP contribution in [0.15, 0.2) is 18.2 Å². The molecule has 0 aliphatic heterocycles. The van der Waals surface area contributed by atoms with Crippen LogP contribution in [0.1, 0.15) is 6.92 Å². The van der Waals surface area contributed by atoms with E-state index in [4.69, 9.17) is 5.11 Å². The number of carbonyl (C=O) groups excluding carboxylic acids is 1. The molecule has 5 nitrogen and oxygen atoms in total. The summed E-state index contributed by atoms with van der Waals surface area (Å²) in [6.45, 7) is 1.30. The molecule has 0 heterocycles. The monoisotopic (exact) mass is 258 g/mol. The molecule has 0 bridgehead atoms. The molecule has 1 rings (SSSR count). The minimum atomic E-state index is -1.20. The van der Waals surface area contributed by atoms with Crippen LogP contribution in [-0.2, 0) is 4.79 Å². The van der Waals surface area contributed by atoms with Gasteiger partial charge in [-0.1, -0.05) is 6.07 Å². The van der Waals surface area contributed by atoms with Gasteiger partial charge in [-0.3, -0.25) is 0 Å². The Bertz CT molecular complexity index is 479. The molecule has 98 valence electrons. The number of amides is 2. The number of hydrogen-bond acceptors (Lipinski definition) is 2. The molecule has 0 radical (unpaired) electrons. The number of likely N-dealkylation sites (N-methyl/N-ethyl adjacent to an activating group) is 1. The molecule has 0 saturated heterocycles. The Morgan fingerprint density at radius 1 is 1.39 bits per heavy atom. The van der Waals surface area contributed by atoms with Crippen LogP contribution in [-0.4, -0.2) is 35.1 Å². The van der Waals surface area contributed by atoms with Gasteiger partial charge < -0.3 is 15.3 Å². The molecule has 1 unspecified atom stereocenters. The minimum absolute atomic E-state index is 0.343. The average Bonchev–Trinajstić information content (AvgIpc) is 2.32. The van der Waals surface area contributed by atoms with Gasteiger partial charge in [-0.05, 0) is 19.1 Å². The van der Waals surface area contributed by atoms with Crippen molar-refractivity contribution >= 4 is 17.7 Å². The third-order valence-corrected chi connectivity index (χ3v) is 2.45. The van der Waals surface area contributed by atoms with Crippen molar-refractivity contribution in [3.63, 3.8) is 0 Å². The van der Waals surface area contributed by atoms with Crippen LogP contribution in [0.2, 0.25) is 0 Å².